The molecule has 2 atom stereocenters. The zero-order valence-corrected chi connectivity index (χ0v) is 15.3. The molecule has 7 heteroatoms. The predicted octanol–water partition coefficient (Wildman–Crippen LogP) is 1.51. The standard InChI is InChI=1S/C21H20N2O5/c1-14-19(28-18-11-5-4-10-17(18)27-14)21(25)23-12-6-7-13-26-16-9-3-2-8-15(16)20(22)24/h2-5,8-11,14,19H,12-13H2,1H3,(H2,22,24)(H,23,25)/t14-,19+/m1/s1. The van der Waals surface area contributed by atoms with Crippen molar-refractivity contribution in [1.29, 1.82) is 0 Å². The van der Waals surface area contributed by atoms with Crippen LogP contribution in [0.5, 0.6) is 17.2 Å². The Balaban J connectivity index is 1.47. The number of para-hydroxylation sites is 3. The Morgan fingerprint density at radius 1 is 1.07 bits per heavy atom. The summed E-state index contributed by atoms with van der Waals surface area (Å²) in [5.41, 5.74) is 5.58. The lowest BCUT2D eigenvalue weighted by atomic mass is 10.1. The number of rotatable bonds is 5. The molecule has 2 aromatic rings. The Bertz CT molecular complexity index is 932. The second-order valence-corrected chi connectivity index (χ2v) is 6.03. The van der Waals surface area contributed by atoms with Gasteiger partial charge in [0, 0.05) is 0 Å². The molecule has 0 unspecified atom stereocenters. The van der Waals surface area contributed by atoms with Crippen LogP contribution in [0.4, 0.5) is 0 Å². The largest absolute Gasteiger partial charge is 0.482 e. The van der Waals surface area contributed by atoms with Gasteiger partial charge in [-0.3, -0.25) is 9.59 Å². The maximum atomic E-state index is 12.3. The molecule has 0 spiro atoms. The number of carbonyl (C=O) groups is 2. The third-order valence-electron chi connectivity index (χ3n) is 4.03. The van der Waals surface area contributed by atoms with Gasteiger partial charge in [-0.25, -0.2) is 0 Å². The van der Waals surface area contributed by atoms with Crippen LogP contribution in [0.25, 0.3) is 0 Å². The average Bonchev–Trinajstić information content (AvgIpc) is 2.70. The quantitative estimate of drug-likeness (QED) is 0.766. The second-order valence-electron chi connectivity index (χ2n) is 6.03. The van der Waals surface area contributed by atoms with Crippen LogP contribution >= 0.6 is 0 Å². The number of primary amides is 1. The van der Waals surface area contributed by atoms with Gasteiger partial charge < -0.3 is 25.3 Å². The first-order chi connectivity index (χ1) is 13.6. The van der Waals surface area contributed by atoms with Crippen LogP contribution in [0.15, 0.2) is 48.5 Å². The molecule has 0 radical (unpaired) electrons. The summed E-state index contributed by atoms with van der Waals surface area (Å²) in [6.45, 7) is 1.97. The molecule has 0 aromatic heterocycles. The molecule has 2 aromatic carbocycles. The van der Waals surface area contributed by atoms with Crippen LogP contribution in [0.3, 0.4) is 0 Å². The highest BCUT2D eigenvalue weighted by Crippen LogP contribution is 2.33. The number of ether oxygens (including phenoxy) is 3. The zero-order chi connectivity index (χ0) is 19.9. The van der Waals surface area contributed by atoms with Crippen molar-refractivity contribution < 1.29 is 23.8 Å². The van der Waals surface area contributed by atoms with Crippen LogP contribution < -0.4 is 25.3 Å². The Kier molecular flexibility index (Phi) is 6.02. The van der Waals surface area contributed by atoms with Crippen LogP contribution in [-0.2, 0) is 4.79 Å². The van der Waals surface area contributed by atoms with E-state index >= 15 is 0 Å². The Morgan fingerprint density at radius 3 is 2.50 bits per heavy atom. The van der Waals surface area contributed by atoms with Gasteiger partial charge in [0.1, 0.15) is 18.5 Å². The van der Waals surface area contributed by atoms with E-state index in [1.54, 1.807) is 43.3 Å². The van der Waals surface area contributed by atoms with E-state index in [0.29, 0.717) is 22.8 Å². The molecular formula is C21H20N2O5. The van der Waals surface area contributed by atoms with Gasteiger partial charge >= 0.3 is 0 Å². The van der Waals surface area contributed by atoms with Gasteiger partial charge in [0.25, 0.3) is 11.8 Å². The molecule has 2 amide bonds. The van der Waals surface area contributed by atoms with Crippen LogP contribution in [0.2, 0.25) is 0 Å². The molecule has 28 heavy (non-hydrogen) atoms. The van der Waals surface area contributed by atoms with Crippen LogP contribution in [-0.4, -0.2) is 37.2 Å². The minimum atomic E-state index is -0.754. The van der Waals surface area contributed by atoms with Gasteiger partial charge in [0.2, 0.25) is 6.10 Å². The lowest BCUT2D eigenvalue weighted by Crippen LogP contribution is -2.49. The maximum absolute atomic E-state index is 12.3. The normalized spacial score (nSPS) is 17.0. The number of carbonyl (C=O) groups excluding carboxylic acids is 2. The zero-order valence-electron chi connectivity index (χ0n) is 15.3. The van der Waals surface area contributed by atoms with Gasteiger partial charge in [0.05, 0.1) is 12.1 Å². The van der Waals surface area contributed by atoms with E-state index in [4.69, 9.17) is 19.9 Å². The number of fused-ring (bicyclic) bond motifs is 1. The Labute approximate surface area is 162 Å². The summed E-state index contributed by atoms with van der Waals surface area (Å²) in [5, 5.41) is 2.69. The van der Waals surface area contributed by atoms with E-state index in [-0.39, 0.29) is 19.1 Å². The van der Waals surface area contributed by atoms with E-state index in [2.05, 4.69) is 17.2 Å². The fraction of sp³-hybridized carbons (Fsp3) is 0.238. The van der Waals surface area contributed by atoms with Crippen molar-refractivity contribution in [2.45, 2.75) is 19.1 Å². The summed E-state index contributed by atoms with van der Waals surface area (Å²) in [7, 11) is 0. The SMILES string of the molecule is C[C@H]1Oc2ccccc2O[C@@H]1C(=O)NCC#CCOc1ccccc1C(N)=O. The molecule has 0 saturated carbocycles. The van der Waals surface area contributed by atoms with E-state index in [1.807, 2.05) is 12.1 Å². The average molecular weight is 380 g/mol. The lowest BCUT2D eigenvalue weighted by Gasteiger charge is -2.30. The molecule has 3 rings (SSSR count). The summed E-state index contributed by atoms with van der Waals surface area (Å²) in [5.74, 6) is 6.21. The highest BCUT2D eigenvalue weighted by Gasteiger charge is 2.33. The first kappa shape index (κ1) is 19.1. The molecule has 0 aliphatic carbocycles. The van der Waals surface area contributed by atoms with Crippen molar-refractivity contribution in [3.8, 4) is 29.1 Å². The molecule has 7 nitrogen and oxygen atoms in total. The Morgan fingerprint density at radius 2 is 1.75 bits per heavy atom. The minimum absolute atomic E-state index is 0.0625. The van der Waals surface area contributed by atoms with Crippen molar-refractivity contribution >= 4 is 11.8 Å². The molecule has 1 aliphatic rings. The van der Waals surface area contributed by atoms with Gasteiger partial charge in [-0.2, -0.15) is 0 Å². The van der Waals surface area contributed by atoms with Gasteiger partial charge in [0.15, 0.2) is 11.5 Å². The topological polar surface area (TPSA) is 99.9 Å². The number of nitrogens with one attached hydrogen (secondary N) is 1. The summed E-state index contributed by atoms with van der Waals surface area (Å²) < 4.78 is 16.9. The fourth-order valence-corrected chi connectivity index (χ4v) is 2.66. The molecule has 0 saturated heterocycles. The molecule has 0 fully saturated rings. The number of amides is 2. The van der Waals surface area contributed by atoms with E-state index < -0.39 is 18.1 Å². The number of hydrogen-bond donors (Lipinski definition) is 2. The second kappa shape index (κ2) is 8.82. The summed E-state index contributed by atoms with van der Waals surface area (Å²) in [6.07, 6.45) is -1.17. The smallest absolute Gasteiger partial charge is 0.265 e. The molecular weight excluding hydrogens is 360 g/mol. The minimum Gasteiger partial charge on any atom is -0.482 e. The number of benzene rings is 2. The van der Waals surface area contributed by atoms with Crippen molar-refractivity contribution in [1.82, 2.24) is 5.32 Å². The van der Waals surface area contributed by atoms with Crippen molar-refractivity contribution in [2.75, 3.05) is 13.2 Å². The van der Waals surface area contributed by atoms with Crippen molar-refractivity contribution in [3.05, 3.63) is 54.1 Å². The highest BCUT2D eigenvalue weighted by atomic mass is 16.6. The molecule has 0 bridgehead atoms. The summed E-state index contributed by atoms with van der Waals surface area (Å²) in [6, 6.07) is 13.9. The predicted molar refractivity (Wildman–Crippen MR) is 102 cm³/mol. The van der Waals surface area contributed by atoms with E-state index in [0.717, 1.165) is 0 Å². The van der Waals surface area contributed by atoms with Crippen LogP contribution in [0, 0.1) is 11.8 Å². The Hall–Kier alpha value is -3.66. The van der Waals surface area contributed by atoms with Crippen molar-refractivity contribution in [2.24, 2.45) is 5.73 Å². The van der Waals surface area contributed by atoms with Gasteiger partial charge in [-0.1, -0.05) is 36.1 Å². The monoisotopic (exact) mass is 380 g/mol. The van der Waals surface area contributed by atoms with Crippen molar-refractivity contribution in [3.63, 3.8) is 0 Å². The molecule has 1 aliphatic heterocycles. The van der Waals surface area contributed by atoms with E-state index in [1.165, 1.54) is 0 Å². The molecule has 3 N–H and O–H groups in total. The molecule has 1 heterocycles. The first-order valence-corrected chi connectivity index (χ1v) is 8.73. The highest BCUT2D eigenvalue weighted by molar-refractivity contribution is 5.95. The van der Waals surface area contributed by atoms with E-state index in [9.17, 15) is 9.59 Å². The summed E-state index contributed by atoms with van der Waals surface area (Å²) >= 11 is 0. The van der Waals surface area contributed by atoms with Gasteiger partial charge in [-0.05, 0) is 31.2 Å². The number of nitrogens with two attached hydrogens (primary N) is 1. The lowest BCUT2D eigenvalue weighted by molar-refractivity contribution is -0.133. The first-order valence-electron chi connectivity index (χ1n) is 8.73. The van der Waals surface area contributed by atoms with Crippen LogP contribution in [0.1, 0.15) is 17.3 Å². The van der Waals surface area contributed by atoms with Gasteiger partial charge in [-0.15, -0.1) is 0 Å². The summed E-state index contributed by atoms with van der Waals surface area (Å²) in [4.78, 5) is 23.6. The maximum Gasteiger partial charge on any atom is 0.265 e. The third kappa shape index (κ3) is 4.54. The third-order valence-corrected chi connectivity index (χ3v) is 4.03. The molecule has 144 valence electrons. The number of hydrogen-bond acceptors (Lipinski definition) is 5. The fourth-order valence-electron chi connectivity index (χ4n) is 2.66.